The molecule has 0 atom stereocenters. The van der Waals surface area contributed by atoms with Gasteiger partial charge in [0.05, 0.1) is 19.1 Å². The minimum atomic E-state index is -3.50. The lowest BCUT2D eigenvalue weighted by Gasteiger charge is -2.12. The number of rotatable bonds is 5. The molecule has 1 N–H and O–H groups in total. The molecule has 0 aliphatic heterocycles. The quantitative estimate of drug-likeness (QED) is 0.492. The fraction of sp³-hybridized carbons (Fsp3) is 0.273. The van der Waals surface area contributed by atoms with E-state index in [1.807, 2.05) is 0 Å². The Morgan fingerprint density at radius 2 is 2.11 bits per heavy atom. The van der Waals surface area contributed by atoms with Crippen LogP contribution >= 0.6 is 0 Å². The van der Waals surface area contributed by atoms with Crippen molar-refractivity contribution >= 4 is 28.1 Å². The van der Waals surface area contributed by atoms with Crippen molar-refractivity contribution in [3.05, 3.63) is 23.8 Å². The number of hydrogen-bond acceptors (Lipinski definition) is 6. The zero-order valence-electron chi connectivity index (χ0n) is 10.7. The SMILES string of the molecule is CN=COc1c(NS(C)(=O)=O)cccc1C(=O)OC. The summed E-state index contributed by atoms with van der Waals surface area (Å²) in [5.74, 6) is -0.609. The van der Waals surface area contributed by atoms with Crippen molar-refractivity contribution in [2.24, 2.45) is 4.99 Å². The number of para-hydroxylation sites is 1. The van der Waals surface area contributed by atoms with E-state index < -0.39 is 16.0 Å². The van der Waals surface area contributed by atoms with E-state index in [0.29, 0.717) is 0 Å². The average Bonchev–Trinajstić information content (AvgIpc) is 2.34. The van der Waals surface area contributed by atoms with E-state index in [1.54, 1.807) is 0 Å². The number of carbonyl (C=O) groups excluding carboxylic acids is 1. The van der Waals surface area contributed by atoms with Crippen LogP contribution in [-0.4, -0.2) is 41.2 Å². The second kappa shape index (κ2) is 6.19. The van der Waals surface area contributed by atoms with Crippen LogP contribution in [0, 0.1) is 0 Å². The van der Waals surface area contributed by atoms with E-state index in [1.165, 1.54) is 32.4 Å². The van der Waals surface area contributed by atoms with Gasteiger partial charge in [-0.15, -0.1) is 0 Å². The molecule has 0 aliphatic rings. The minimum Gasteiger partial charge on any atom is -0.465 e. The van der Waals surface area contributed by atoms with Crippen LogP contribution in [0.1, 0.15) is 10.4 Å². The molecule has 0 amide bonds. The Bertz CT molecular complexity index is 595. The molecule has 0 saturated carbocycles. The first-order valence-corrected chi connectivity index (χ1v) is 7.04. The molecule has 0 radical (unpaired) electrons. The zero-order valence-corrected chi connectivity index (χ0v) is 11.5. The van der Waals surface area contributed by atoms with E-state index in [-0.39, 0.29) is 17.0 Å². The summed E-state index contributed by atoms with van der Waals surface area (Å²) in [5, 5.41) is 0. The molecule has 0 saturated heterocycles. The summed E-state index contributed by atoms with van der Waals surface area (Å²) in [4.78, 5) is 15.2. The van der Waals surface area contributed by atoms with Crippen LogP contribution in [0.25, 0.3) is 0 Å². The summed E-state index contributed by atoms with van der Waals surface area (Å²) in [5.41, 5.74) is 0.223. The minimum absolute atomic E-state index is 0.0328. The van der Waals surface area contributed by atoms with Crippen molar-refractivity contribution in [3.63, 3.8) is 0 Å². The molecule has 0 heterocycles. The lowest BCUT2D eigenvalue weighted by molar-refractivity contribution is 0.0598. The number of carbonyl (C=O) groups is 1. The van der Waals surface area contributed by atoms with Crippen LogP contribution in [0.15, 0.2) is 23.2 Å². The largest absolute Gasteiger partial charge is 0.465 e. The topological polar surface area (TPSA) is 94.1 Å². The molecule has 1 rings (SSSR count). The van der Waals surface area contributed by atoms with Gasteiger partial charge in [0, 0.05) is 7.05 Å². The first kappa shape index (κ1) is 15.0. The number of benzene rings is 1. The van der Waals surface area contributed by atoms with Crippen LogP contribution in [0.4, 0.5) is 5.69 Å². The normalized spacial score (nSPS) is 11.3. The molecule has 0 unspecified atom stereocenters. The number of nitrogens with one attached hydrogen (secondary N) is 1. The molecule has 1 aromatic rings. The first-order valence-electron chi connectivity index (χ1n) is 5.15. The van der Waals surface area contributed by atoms with E-state index in [9.17, 15) is 13.2 Å². The smallest absolute Gasteiger partial charge is 0.341 e. The Morgan fingerprint density at radius 1 is 1.42 bits per heavy atom. The standard InChI is InChI=1S/C11H14N2O5S/c1-12-7-18-10-8(11(14)17-2)5-4-6-9(10)13-19(3,15)16/h4-7,13H,1-3H3. The van der Waals surface area contributed by atoms with Crippen molar-refractivity contribution in [1.29, 1.82) is 0 Å². The summed E-state index contributed by atoms with van der Waals surface area (Å²) in [6.07, 6.45) is 2.09. The summed E-state index contributed by atoms with van der Waals surface area (Å²) in [6.45, 7) is 0. The van der Waals surface area contributed by atoms with Crippen molar-refractivity contribution < 1.29 is 22.7 Å². The number of ether oxygens (including phenoxy) is 2. The van der Waals surface area contributed by atoms with Gasteiger partial charge in [-0.05, 0) is 12.1 Å². The van der Waals surface area contributed by atoms with Gasteiger partial charge in [0.2, 0.25) is 10.0 Å². The van der Waals surface area contributed by atoms with E-state index in [0.717, 1.165) is 12.7 Å². The summed E-state index contributed by atoms with van der Waals surface area (Å²) < 4.78 is 34.5. The first-order chi connectivity index (χ1) is 8.89. The van der Waals surface area contributed by atoms with Crippen LogP contribution < -0.4 is 9.46 Å². The zero-order chi connectivity index (χ0) is 14.5. The van der Waals surface area contributed by atoms with Gasteiger partial charge in [-0.1, -0.05) is 6.07 Å². The van der Waals surface area contributed by atoms with E-state index in [4.69, 9.17) is 4.74 Å². The van der Waals surface area contributed by atoms with Gasteiger partial charge in [0.15, 0.2) is 12.2 Å². The maximum Gasteiger partial charge on any atom is 0.341 e. The Labute approximate surface area is 111 Å². The third kappa shape index (κ3) is 4.25. The average molecular weight is 286 g/mol. The molecule has 0 fully saturated rings. The Hall–Kier alpha value is -2.09. The highest BCUT2D eigenvalue weighted by molar-refractivity contribution is 7.92. The Morgan fingerprint density at radius 3 is 2.63 bits per heavy atom. The van der Waals surface area contributed by atoms with Gasteiger partial charge in [-0.25, -0.2) is 13.2 Å². The van der Waals surface area contributed by atoms with Gasteiger partial charge >= 0.3 is 5.97 Å². The van der Waals surface area contributed by atoms with Gasteiger partial charge in [0.1, 0.15) is 5.56 Å². The highest BCUT2D eigenvalue weighted by Gasteiger charge is 2.18. The number of hydrogen-bond donors (Lipinski definition) is 1. The number of aliphatic imine (C=N–C) groups is 1. The molecule has 8 heteroatoms. The lowest BCUT2D eigenvalue weighted by atomic mass is 10.2. The second-order valence-electron chi connectivity index (χ2n) is 3.53. The summed E-state index contributed by atoms with van der Waals surface area (Å²) >= 11 is 0. The molecule has 0 bridgehead atoms. The number of esters is 1. The third-order valence-electron chi connectivity index (χ3n) is 1.99. The molecule has 0 aliphatic carbocycles. The molecule has 0 spiro atoms. The van der Waals surface area contributed by atoms with Crippen molar-refractivity contribution in [2.45, 2.75) is 0 Å². The summed E-state index contributed by atoms with van der Waals surface area (Å²) in [6, 6.07) is 4.43. The predicted octanol–water partition coefficient (Wildman–Crippen LogP) is 0.882. The lowest BCUT2D eigenvalue weighted by Crippen LogP contribution is -2.13. The predicted molar refractivity (Wildman–Crippen MR) is 71.3 cm³/mol. The van der Waals surface area contributed by atoms with Gasteiger partial charge < -0.3 is 9.47 Å². The summed E-state index contributed by atoms with van der Waals surface area (Å²) in [7, 11) is -0.805. The molecule has 104 valence electrons. The number of sulfonamides is 1. The fourth-order valence-corrected chi connectivity index (χ4v) is 1.88. The fourth-order valence-electron chi connectivity index (χ4n) is 1.32. The highest BCUT2D eigenvalue weighted by atomic mass is 32.2. The molecule has 19 heavy (non-hydrogen) atoms. The van der Waals surface area contributed by atoms with Crippen LogP contribution in [0.5, 0.6) is 5.75 Å². The highest BCUT2D eigenvalue weighted by Crippen LogP contribution is 2.30. The van der Waals surface area contributed by atoms with Gasteiger partial charge in [-0.3, -0.25) is 9.71 Å². The second-order valence-corrected chi connectivity index (χ2v) is 5.28. The molecular formula is C11H14N2O5S. The van der Waals surface area contributed by atoms with Crippen molar-refractivity contribution in [2.75, 3.05) is 25.1 Å². The monoisotopic (exact) mass is 286 g/mol. The molecule has 1 aromatic carbocycles. The van der Waals surface area contributed by atoms with Crippen LogP contribution in [0.2, 0.25) is 0 Å². The third-order valence-corrected chi connectivity index (χ3v) is 2.58. The van der Waals surface area contributed by atoms with Crippen molar-refractivity contribution in [3.8, 4) is 5.75 Å². The van der Waals surface area contributed by atoms with E-state index in [2.05, 4.69) is 14.5 Å². The molecular weight excluding hydrogens is 272 g/mol. The van der Waals surface area contributed by atoms with Gasteiger partial charge in [0.25, 0.3) is 0 Å². The molecule has 0 aromatic heterocycles. The van der Waals surface area contributed by atoms with Crippen LogP contribution in [-0.2, 0) is 14.8 Å². The Kier molecular flexibility index (Phi) is 4.87. The van der Waals surface area contributed by atoms with E-state index >= 15 is 0 Å². The number of nitrogens with zero attached hydrogens (tertiary/aromatic N) is 1. The van der Waals surface area contributed by atoms with Crippen LogP contribution in [0.3, 0.4) is 0 Å². The maximum atomic E-state index is 11.6. The number of anilines is 1. The Balaban J connectivity index is 3.33. The maximum absolute atomic E-state index is 11.6. The number of methoxy groups -OCH3 is 1. The van der Waals surface area contributed by atoms with Gasteiger partial charge in [-0.2, -0.15) is 0 Å². The van der Waals surface area contributed by atoms with Crippen molar-refractivity contribution in [1.82, 2.24) is 0 Å². The molecule has 7 nitrogen and oxygen atoms in total.